The van der Waals surface area contributed by atoms with Crippen molar-refractivity contribution in [1.82, 2.24) is 25.4 Å². The summed E-state index contributed by atoms with van der Waals surface area (Å²) in [4.78, 5) is 12.4. The SMILES string of the molecule is COc1cccc(CSc2nnc(C(C)NC(=O)NC(C)(C)C)n2-c2ccc(C)cc2)c1. The smallest absolute Gasteiger partial charge is 0.315 e. The van der Waals surface area contributed by atoms with E-state index in [9.17, 15) is 4.79 Å². The Morgan fingerprint density at radius 3 is 2.53 bits per heavy atom. The Balaban J connectivity index is 1.87. The van der Waals surface area contributed by atoms with E-state index in [1.54, 1.807) is 18.9 Å². The third kappa shape index (κ3) is 6.26. The largest absolute Gasteiger partial charge is 0.497 e. The highest BCUT2D eigenvalue weighted by molar-refractivity contribution is 7.98. The van der Waals surface area contributed by atoms with E-state index in [0.717, 1.165) is 22.2 Å². The van der Waals surface area contributed by atoms with Gasteiger partial charge in [0.05, 0.1) is 13.2 Å². The molecule has 0 fully saturated rings. The molecule has 2 aromatic carbocycles. The fourth-order valence-corrected chi connectivity index (χ4v) is 4.04. The van der Waals surface area contributed by atoms with E-state index in [0.29, 0.717) is 11.6 Å². The molecule has 3 rings (SSSR count). The summed E-state index contributed by atoms with van der Waals surface area (Å²) in [6.45, 7) is 9.79. The molecule has 1 heterocycles. The molecule has 0 saturated heterocycles. The van der Waals surface area contributed by atoms with E-state index in [2.05, 4.69) is 46.0 Å². The van der Waals surface area contributed by atoms with Crippen LogP contribution in [0.1, 0.15) is 50.7 Å². The van der Waals surface area contributed by atoms with Crippen LogP contribution in [-0.2, 0) is 5.75 Å². The summed E-state index contributed by atoms with van der Waals surface area (Å²) in [6.07, 6.45) is 0. The van der Waals surface area contributed by atoms with Gasteiger partial charge in [0, 0.05) is 17.0 Å². The summed E-state index contributed by atoms with van der Waals surface area (Å²) in [7, 11) is 1.66. The van der Waals surface area contributed by atoms with Crippen molar-refractivity contribution in [3.63, 3.8) is 0 Å². The van der Waals surface area contributed by atoms with Gasteiger partial charge >= 0.3 is 6.03 Å². The number of rotatable bonds is 7. The number of hydrogen-bond acceptors (Lipinski definition) is 5. The van der Waals surface area contributed by atoms with Crippen molar-refractivity contribution >= 4 is 17.8 Å². The molecular formula is C24H31N5O2S. The van der Waals surface area contributed by atoms with Crippen molar-refractivity contribution < 1.29 is 9.53 Å². The molecule has 8 heteroatoms. The van der Waals surface area contributed by atoms with Crippen molar-refractivity contribution in [2.45, 2.75) is 57.1 Å². The highest BCUT2D eigenvalue weighted by atomic mass is 32.2. The fourth-order valence-electron chi connectivity index (χ4n) is 3.14. The number of amides is 2. The number of nitrogens with zero attached hydrogens (tertiary/aromatic N) is 3. The van der Waals surface area contributed by atoms with Crippen LogP contribution in [0.5, 0.6) is 5.75 Å². The summed E-state index contributed by atoms with van der Waals surface area (Å²) < 4.78 is 7.34. The zero-order chi connectivity index (χ0) is 23.3. The minimum Gasteiger partial charge on any atom is -0.497 e. The van der Waals surface area contributed by atoms with Crippen LogP contribution in [0.25, 0.3) is 5.69 Å². The molecule has 0 aliphatic heterocycles. The maximum absolute atomic E-state index is 12.4. The first kappa shape index (κ1) is 23.7. The number of carbonyl (C=O) groups excluding carboxylic acids is 1. The molecule has 0 radical (unpaired) electrons. The molecule has 170 valence electrons. The molecule has 0 spiro atoms. The molecule has 1 unspecified atom stereocenters. The van der Waals surface area contributed by atoms with Gasteiger partial charge in [0.15, 0.2) is 11.0 Å². The van der Waals surface area contributed by atoms with Gasteiger partial charge < -0.3 is 15.4 Å². The van der Waals surface area contributed by atoms with Crippen molar-refractivity contribution in [3.8, 4) is 11.4 Å². The molecule has 2 amide bonds. The summed E-state index contributed by atoms with van der Waals surface area (Å²) in [5, 5.41) is 15.5. The molecule has 0 saturated carbocycles. The highest BCUT2D eigenvalue weighted by Crippen LogP contribution is 2.28. The number of aromatic nitrogens is 3. The van der Waals surface area contributed by atoms with Gasteiger partial charge in [-0.05, 0) is 64.4 Å². The Labute approximate surface area is 194 Å². The second kappa shape index (κ2) is 10.1. The second-order valence-corrected chi connectivity index (χ2v) is 9.66. The van der Waals surface area contributed by atoms with Crippen molar-refractivity contribution in [3.05, 3.63) is 65.5 Å². The van der Waals surface area contributed by atoms with Crippen LogP contribution in [0.3, 0.4) is 0 Å². The van der Waals surface area contributed by atoms with Crippen LogP contribution in [0, 0.1) is 6.92 Å². The quantitative estimate of drug-likeness (QED) is 0.490. The Kier molecular flexibility index (Phi) is 7.45. The van der Waals surface area contributed by atoms with E-state index >= 15 is 0 Å². The van der Waals surface area contributed by atoms with Gasteiger partial charge in [0.25, 0.3) is 0 Å². The Hall–Kier alpha value is -3.00. The minimum atomic E-state index is -0.336. The highest BCUT2D eigenvalue weighted by Gasteiger charge is 2.22. The lowest BCUT2D eigenvalue weighted by atomic mass is 10.1. The fraction of sp³-hybridized carbons (Fsp3) is 0.375. The van der Waals surface area contributed by atoms with Crippen LogP contribution in [-0.4, -0.2) is 33.4 Å². The maximum Gasteiger partial charge on any atom is 0.315 e. The monoisotopic (exact) mass is 453 g/mol. The summed E-state index contributed by atoms with van der Waals surface area (Å²) in [5.74, 6) is 2.21. The standard InChI is InChI=1S/C24H31N5O2S/c1-16-10-12-19(13-11-16)29-21(17(2)25-22(30)26-24(3,4)5)27-28-23(29)32-15-18-8-7-9-20(14-18)31-6/h7-14,17H,15H2,1-6H3,(H2,25,26,30). The van der Waals surface area contributed by atoms with E-state index in [1.165, 1.54) is 5.56 Å². The molecular weight excluding hydrogens is 422 g/mol. The third-order valence-electron chi connectivity index (χ3n) is 4.68. The number of aryl methyl sites for hydroxylation is 1. The normalized spacial score (nSPS) is 12.3. The van der Waals surface area contributed by atoms with Crippen LogP contribution in [0.2, 0.25) is 0 Å². The molecule has 7 nitrogen and oxygen atoms in total. The van der Waals surface area contributed by atoms with E-state index < -0.39 is 0 Å². The zero-order valence-corrected chi connectivity index (χ0v) is 20.3. The molecule has 0 bridgehead atoms. The molecule has 1 atom stereocenters. The van der Waals surface area contributed by atoms with Gasteiger partial charge in [-0.1, -0.05) is 41.6 Å². The van der Waals surface area contributed by atoms with E-state index in [4.69, 9.17) is 4.74 Å². The Bertz CT molecular complexity index is 1060. The average molecular weight is 454 g/mol. The van der Waals surface area contributed by atoms with Crippen molar-refractivity contribution in [2.24, 2.45) is 0 Å². The maximum atomic E-state index is 12.4. The van der Waals surface area contributed by atoms with Gasteiger partial charge in [-0.2, -0.15) is 0 Å². The van der Waals surface area contributed by atoms with E-state index in [-0.39, 0.29) is 17.6 Å². The van der Waals surface area contributed by atoms with Crippen LogP contribution in [0.4, 0.5) is 4.79 Å². The first-order chi connectivity index (χ1) is 15.2. The number of carbonyl (C=O) groups is 1. The molecule has 0 aliphatic carbocycles. The number of thioether (sulfide) groups is 1. The van der Waals surface area contributed by atoms with Gasteiger partial charge in [-0.3, -0.25) is 4.57 Å². The second-order valence-electron chi connectivity index (χ2n) is 8.72. The predicted molar refractivity (Wildman–Crippen MR) is 128 cm³/mol. The lowest BCUT2D eigenvalue weighted by Crippen LogP contribution is -2.47. The molecule has 32 heavy (non-hydrogen) atoms. The lowest BCUT2D eigenvalue weighted by molar-refractivity contribution is 0.228. The third-order valence-corrected chi connectivity index (χ3v) is 5.68. The van der Waals surface area contributed by atoms with Crippen molar-refractivity contribution in [2.75, 3.05) is 7.11 Å². The van der Waals surface area contributed by atoms with Gasteiger partial charge in [-0.15, -0.1) is 10.2 Å². The number of methoxy groups -OCH3 is 1. The predicted octanol–water partition coefficient (Wildman–Crippen LogP) is 5.04. The Morgan fingerprint density at radius 1 is 1.16 bits per heavy atom. The summed E-state index contributed by atoms with van der Waals surface area (Å²) in [5.41, 5.74) is 2.93. The number of ether oxygens (including phenoxy) is 1. The first-order valence-electron chi connectivity index (χ1n) is 10.5. The van der Waals surface area contributed by atoms with Gasteiger partial charge in [0.2, 0.25) is 0 Å². The van der Waals surface area contributed by atoms with Crippen LogP contribution >= 0.6 is 11.8 Å². The topological polar surface area (TPSA) is 81.1 Å². The number of hydrogen-bond donors (Lipinski definition) is 2. The zero-order valence-electron chi connectivity index (χ0n) is 19.5. The Morgan fingerprint density at radius 2 is 1.88 bits per heavy atom. The molecule has 1 aromatic heterocycles. The number of urea groups is 1. The van der Waals surface area contributed by atoms with E-state index in [1.807, 2.05) is 62.6 Å². The van der Waals surface area contributed by atoms with Gasteiger partial charge in [-0.25, -0.2) is 4.79 Å². The van der Waals surface area contributed by atoms with Crippen molar-refractivity contribution in [1.29, 1.82) is 0 Å². The molecule has 3 aromatic rings. The van der Waals surface area contributed by atoms with Crippen LogP contribution < -0.4 is 15.4 Å². The lowest BCUT2D eigenvalue weighted by Gasteiger charge is -2.23. The number of nitrogens with one attached hydrogen (secondary N) is 2. The van der Waals surface area contributed by atoms with Gasteiger partial charge in [0.1, 0.15) is 5.75 Å². The molecule has 0 aliphatic rings. The minimum absolute atomic E-state index is 0.242. The molecule has 2 N–H and O–H groups in total. The first-order valence-corrected chi connectivity index (χ1v) is 11.5. The number of benzene rings is 2. The van der Waals surface area contributed by atoms with Crippen LogP contribution in [0.15, 0.2) is 53.7 Å². The summed E-state index contributed by atoms with van der Waals surface area (Å²) in [6, 6.07) is 15.6. The average Bonchev–Trinajstić information content (AvgIpc) is 3.15. The summed E-state index contributed by atoms with van der Waals surface area (Å²) >= 11 is 1.59.